The van der Waals surface area contributed by atoms with E-state index in [-0.39, 0.29) is 23.0 Å². The van der Waals surface area contributed by atoms with E-state index in [4.69, 9.17) is 16.1 Å². The first kappa shape index (κ1) is 16.8. The zero-order valence-corrected chi connectivity index (χ0v) is 14.7. The first-order valence-corrected chi connectivity index (χ1v) is 8.11. The van der Waals surface area contributed by atoms with Crippen molar-refractivity contribution in [2.75, 3.05) is 18.4 Å². The van der Waals surface area contributed by atoms with Gasteiger partial charge in [0.05, 0.1) is 5.39 Å². The maximum Gasteiger partial charge on any atom is 0.190 e. The number of rotatable bonds is 2. The Bertz CT molecular complexity index is 725. The number of hydrogen-bond acceptors (Lipinski definition) is 4. The highest BCUT2D eigenvalue weighted by Crippen LogP contribution is 2.41. The molecule has 2 aromatic rings. The Hall–Kier alpha value is -1.04. The van der Waals surface area contributed by atoms with Gasteiger partial charge in [-0.05, 0) is 57.8 Å². The van der Waals surface area contributed by atoms with Crippen LogP contribution in [-0.2, 0) is 0 Å². The van der Waals surface area contributed by atoms with Crippen molar-refractivity contribution in [1.82, 2.24) is 10.1 Å². The van der Waals surface area contributed by atoms with Crippen LogP contribution >= 0.6 is 24.0 Å². The lowest BCUT2D eigenvalue weighted by atomic mass is 9.72. The van der Waals surface area contributed by atoms with Crippen LogP contribution in [0, 0.1) is 11.7 Å². The molecule has 1 atom stereocenters. The van der Waals surface area contributed by atoms with Crippen LogP contribution in [0.4, 0.5) is 10.2 Å². The minimum Gasteiger partial charge on any atom is -0.362 e. The van der Waals surface area contributed by atoms with Crippen LogP contribution in [0.3, 0.4) is 0 Å². The van der Waals surface area contributed by atoms with Crippen LogP contribution in [0.1, 0.15) is 26.7 Å². The predicted molar refractivity (Wildman–Crippen MR) is 92.0 cm³/mol. The fourth-order valence-electron chi connectivity index (χ4n) is 4.08. The summed E-state index contributed by atoms with van der Waals surface area (Å²) in [5.74, 6) is 0.798. The van der Waals surface area contributed by atoms with E-state index in [1.54, 1.807) is 6.07 Å². The minimum absolute atomic E-state index is 0. The fourth-order valence-corrected chi connectivity index (χ4v) is 4.28. The lowest BCUT2D eigenvalue weighted by molar-refractivity contribution is -0.0189. The smallest absolute Gasteiger partial charge is 0.190 e. The standard InChI is InChI=1S/C16H19ClFN3O.ClH/c1-16(2)14(9-5-7-21(16)8-6-9)19-15-10-3-4-11(18)12(17)13(10)22-20-15;/h3-4,9,14H,5-8H2,1-2H3,(H,19,20);1H/t14-;/m1./s1. The number of nitrogens with one attached hydrogen (secondary N) is 1. The number of anilines is 1. The van der Waals surface area contributed by atoms with Gasteiger partial charge in [-0.25, -0.2) is 4.39 Å². The van der Waals surface area contributed by atoms with Gasteiger partial charge in [-0.1, -0.05) is 16.8 Å². The summed E-state index contributed by atoms with van der Waals surface area (Å²) in [5, 5.41) is 8.36. The van der Waals surface area contributed by atoms with E-state index in [1.807, 2.05) is 0 Å². The van der Waals surface area contributed by atoms with Gasteiger partial charge in [-0.3, -0.25) is 4.90 Å². The largest absolute Gasteiger partial charge is 0.362 e. The first-order valence-electron chi connectivity index (χ1n) is 7.73. The molecule has 3 fully saturated rings. The van der Waals surface area contributed by atoms with E-state index in [0.29, 0.717) is 23.4 Å². The molecule has 7 heteroatoms. The first-order chi connectivity index (χ1) is 10.5. The second-order valence-corrected chi connectivity index (χ2v) is 7.25. The topological polar surface area (TPSA) is 41.3 Å². The molecule has 0 amide bonds. The summed E-state index contributed by atoms with van der Waals surface area (Å²) in [5.41, 5.74) is 0.374. The maximum absolute atomic E-state index is 13.5. The van der Waals surface area contributed by atoms with Gasteiger partial charge in [0.2, 0.25) is 0 Å². The molecule has 23 heavy (non-hydrogen) atoms. The molecule has 0 unspecified atom stereocenters. The zero-order chi connectivity index (χ0) is 15.5. The molecule has 3 aliphatic heterocycles. The maximum atomic E-state index is 13.5. The average Bonchev–Trinajstić information content (AvgIpc) is 2.91. The van der Waals surface area contributed by atoms with E-state index >= 15 is 0 Å². The van der Waals surface area contributed by atoms with Gasteiger partial charge >= 0.3 is 0 Å². The molecule has 1 aromatic heterocycles. The summed E-state index contributed by atoms with van der Waals surface area (Å²) in [6, 6.07) is 3.32. The molecule has 126 valence electrons. The second-order valence-electron chi connectivity index (χ2n) is 6.87. The van der Waals surface area contributed by atoms with E-state index in [0.717, 1.165) is 18.5 Å². The quantitative estimate of drug-likeness (QED) is 0.866. The third kappa shape index (κ3) is 2.49. The molecule has 1 N–H and O–H groups in total. The molecule has 3 saturated heterocycles. The molecular formula is C16H20Cl2FN3O. The molecule has 0 radical (unpaired) electrons. The third-order valence-corrected chi connectivity index (χ3v) is 5.76. The summed E-state index contributed by atoms with van der Waals surface area (Å²) in [6.07, 6.45) is 2.40. The monoisotopic (exact) mass is 359 g/mol. The fraction of sp³-hybridized carbons (Fsp3) is 0.562. The molecule has 0 spiro atoms. The number of fused-ring (bicyclic) bond motifs is 4. The van der Waals surface area contributed by atoms with Crippen LogP contribution in [0.5, 0.6) is 0 Å². The number of aromatic nitrogens is 1. The van der Waals surface area contributed by atoms with Crippen LogP contribution in [0.15, 0.2) is 16.7 Å². The van der Waals surface area contributed by atoms with Crippen molar-refractivity contribution in [3.63, 3.8) is 0 Å². The van der Waals surface area contributed by atoms with Crippen molar-refractivity contribution in [2.24, 2.45) is 5.92 Å². The Balaban J connectivity index is 0.00000156. The van der Waals surface area contributed by atoms with Crippen molar-refractivity contribution in [2.45, 2.75) is 38.3 Å². The Morgan fingerprint density at radius 2 is 2.04 bits per heavy atom. The Kier molecular flexibility index (Phi) is 4.23. The molecule has 3 aliphatic rings. The molecule has 4 nitrogen and oxygen atoms in total. The van der Waals surface area contributed by atoms with Gasteiger partial charge in [0.15, 0.2) is 11.4 Å². The van der Waals surface area contributed by atoms with E-state index in [2.05, 4.69) is 29.2 Å². The average molecular weight is 360 g/mol. The molecule has 2 bridgehead atoms. The minimum atomic E-state index is -0.486. The van der Waals surface area contributed by atoms with Gasteiger partial charge in [0.25, 0.3) is 0 Å². The Labute approximate surface area is 145 Å². The number of halogens is 3. The number of nitrogens with zero attached hydrogens (tertiary/aromatic N) is 2. The molecule has 4 heterocycles. The summed E-state index contributed by atoms with van der Waals surface area (Å²) in [7, 11) is 0. The third-order valence-electron chi connectivity index (χ3n) is 5.41. The summed E-state index contributed by atoms with van der Waals surface area (Å²) in [6.45, 7) is 6.86. The lowest BCUT2D eigenvalue weighted by Gasteiger charge is -2.56. The van der Waals surface area contributed by atoms with Crippen molar-refractivity contribution in [1.29, 1.82) is 0 Å². The van der Waals surface area contributed by atoms with Crippen LogP contribution < -0.4 is 5.32 Å². The number of benzene rings is 1. The van der Waals surface area contributed by atoms with Gasteiger partial charge in [-0.2, -0.15) is 0 Å². The van der Waals surface area contributed by atoms with E-state index in [1.165, 1.54) is 18.9 Å². The van der Waals surface area contributed by atoms with Gasteiger partial charge in [-0.15, -0.1) is 12.4 Å². The normalized spacial score (nSPS) is 28.6. The molecule has 0 aliphatic carbocycles. The van der Waals surface area contributed by atoms with Crippen molar-refractivity contribution >= 4 is 40.8 Å². The Morgan fingerprint density at radius 3 is 2.70 bits per heavy atom. The number of piperidine rings is 3. The van der Waals surface area contributed by atoms with E-state index < -0.39 is 5.82 Å². The van der Waals surface area contributed by atoms with E-state index in [9.17, 15) is 4.39 Å². The molecule has 0 saturated carbocycles. The van der Waals surface area contributed by atoms with Crippen LogP contribution in [0.2, 0.25) is 5.02 Å². The van der Waals surface area contributed by atoms with Crippen molar-refractivity contribution < 1.29 is 8.91 Å². The predicted octanol–water partition coefficient (Wildman–Crippen LogP) is 4.33. The molecule has 5 rings (SSSR count). The highest BCUT2D eigenvalue weighted by molar-refractivity contribution is 6.35. The summed E-state index contributed by atoms with van der Waals surface area (Å²) in [4.78, 5) is 2.53. The number of hydrogen-bond donors (Lipinski definition) is 1. The highest BCUT2D eigenvalue weighted by Gasteiger charge is 2.47. The van der Waals surface area contributed by atoms with Crippen LogP contribution in [0.25, 0.3) is 11.0 Å². The van der Waals surface area contributed by atoms with Gasteiger partial charge in [0.1, 0.15) is 10.8 Å². The van der Waals surface area contributed by atoms with Gasteiger partial charge < -0.3 is 9.84 Å². The van der Waals surface area contributed by atoms with Crippen LogP contribution in [-0.4, -0.2) is 34.7 Å². The van der Waals surface area contributed by atoms with Gasteiger partial charge in [0, 0.05) is 11.6 Å². The zero-order valence-electron chi connectivity index (χ0n) is 13.1. The van der Waals surface area contributed by atoms with Crippen molar-refractivity contribution in [3.05, 3.63) is 23.0 Å². The molecular weight excluding hydrogens is 340 g/mol. The summed E-state index contributed by atoms with van der Waals surface area (Å²) < 4.78 is 18.8. The Morgan fingerprint density at radius 1 is 1.35 bits per heavy atom. The SMILES string of the molecule is CC1(C)[C@H](Nc2noc3c(Cl)c(F)ccc23)C2CCN1CC2.Cl. The second kappa shape index (κ2) is 5.80. The summed E-state index contributed by atoms with van der Waals surface area (Å²) >= 11 is 5.96. The van der Waals surface area contributed by atoms with Crippen molar-refractivity contribution in [3.8, 4) is 0 Å². The molecule has 1 aromatic carbocycles. The lowest BCUT2D eigenvalue weighted by Crippen LogP contribution is -2.66. The highest BCUT2D eigenvalue weighted by atomic mass is 35.5.